The minimum absolute atomic E-state index is 0.834. The Morgan fingerprint density at radius 3 is 2.84 bits per heavy atom. The van der Waals surface area contributed by atoms with Crippen LogP contribution in [0.2, 0.25) is 0 Å². The number of rotatable bonds is 3. The second-order valence-corrected chi connectivity index (χ2v) is 4.15. The molecule has 2 rings (SSSR count). The van der Waals surface area contributed by atoms with E-state index in [4.69, 9.17) is 0 Å². The van der Waals surface area contributed by atoms with Gasteiger partial charge in [0.1, 0.15) is 5.82 Å². The Bertz CT molecular complexity index is 688. The molecule has 0 aliphatic rings. The van der Waals surface area contributed by atoms with E-state index in [0.29, 0.717) is 0 Å². The van der Waals surface area contributed by atoms with E-state index < -0.39 is 0 Å². The first-order valence-corrected chi connectivity index (χ1v) is 6.16. The van der Waals surface area contributed by atoms with Crippen molar-refractivity contribution in [1.82, 2.24) is 9.97 Å². The third-order valence-corrected chi connectivity index (χ3v) is 2.90. The molecule has 0 saturated carbocycles. The summed E-state index contributed by atoms with van der Waals surface area (Å²) in [5.41, 5.74) is 2.21. The maximum Gasteiger partial charge on any atom is 0.126 e. The molecule has 1 N–H and O–H groups in total. The molecule has 0 aliphatic heterocycles. The standard InChI is InChI=1S/C16H17N3/c1-4-13(14-6-5-7-18-11-14)8-15-9-16(17-3)19-10-12(15)2/h4-11,17H,2H2,1,3H3/b13-4?,15-8-. The van der Waals surface area contributed by atoms with E-state index in [1.54, 1.807) is 12.4 Å². The van der Waals surface area contributed by atoms with Crippen LogP contribution in [0.3, 0.4) is 0 Å². The Labute approximate surface area is 113 Å². The van der Waals surface area contributed by atoms with Crippen LogP contribution in [0.4, 0.5) is 5.82 Å². The van der Waals surface area contributed by atoms with E-state index in [-0.39, 0.29) is 0 Å². The van der Waals surface area contributed by atoms with Gasteiger partial charge in [-0.1, -0.05) is 18.7 Å². The van der Waals surface area contributed by atoms with Gasteiger partial charge in [-0.2, -0.15) is 0 Å². The van der Waals surface area contributed by atoms with Gasteiger partial charge in [-0.3, -0.25) is 4.98 Å². The first kappa shape index (κ1) is 13.0. The van der Waals surface area contributed by atoms with Crippen molar-refractivity contribution < 1.29 is 0 Å². The van der Waals surface area contributed by atoms with Crippen LogP contribution in [-0.4, -0.2) is 17.0 Å². The van der Waals surface area contributed by atoms with Crippen molar-refractivity contribution in [3.8, 4) is 0 Å². The summed E-state index contributed by atoms with van der Waals surface area (Å²) in [4.78, 5) is 8.39. The molecule has 0 aromatic carbocycles. The molecule has 96 valence electrons. The molecule has 0 fully saturated rings. The van der Waals surface area contributed by atoms with Crippen molar-refractivity contribution in [3.05, 3.63) is 58.9 Å². The van der Waals surface area contributed by atoms with Crippen molar-refractivity contribution in [2.45, 2.75) is 6.92 Å². The van der Waals surface area contributed by atoms with E-state index in [0.717, 1.165) is 27.4 Å². The summed E-state index contributed by atoms with van der Waals surface area (Å²) in [6.07, 6.45) is 9.57. The normalized spacial score (nSPS) is 12.5. The Kier molecular flexibility index (Phi) is 4.08. The summed E-state index contributed by atoms with van der Waals surface area (Å²) in [6, 6.07) is 5.97. The van der Waals surface area contributed by atoms with Crippen LogP contribution in [0.15, 0.2) is 42.9 Å². The fourth-order valence-corrected chi connectivity index (χ4v) is 1.80. The first-order valence-electron chi connectivity index (χ1n) is 6.16. The van der Waals surface area contributed by atoms with E-state index in [9.17, 15) is 0 Å². The highest BCUT2D eigenvalue weighted by Gasteiger charge is 1.97. The predicted molar refractivity (Wildman–Crippen MR) is 80.9 cm³/mol. The summed E-state index contributed by atoms with van der Waals surface area (Å²) in [5, 5.41) is 4.99. The van der Waals surface area contributed by atoms with E-state index in [1.807, 2.05) is 38.4 Å². The van der Waals surface area contributed by atoms with E-state index in [2.05, 4.69) is 34.0 Å². The molecule has 3 heteroatoms. The van der Waals surface area contributed by atoms with Gasteiger partial charge in [0, 0.05) is 25.6 Å². The molecule has 19 heavy (non-hydrogen) atoms. The Balaban J connectivity index is 2.53. The monoisotopic (exact) mass is 251 g/mol. The fourth-order valence-electron chi connectivity index (χ4n) is 1.80. The van der Waals surface area contributed by atoms with Gasteiger partial charge in [0.15, 0.2) is 0 Å². The lowest BCUT2D eigenvalue weighted by molar-refractivity contribution is 1.25. The van der Waals surface area contributed by atoms with Crippen molar-refractivity contribution in [2.75, 3.05) is 12.4 Å². The third kappa shape index (κ3) is 3.07. The molecule has 0 bridgehead atoms. The van der Waals surface area contributed by atoms with E-state index >= 15 is 0 Å². The summed E-state index contributed by atoms with van der Waals surface area (Å²) < 4.78 is 0. The molecule has 0 unspecified atom stereocenters. The molecule has 0 spiro atoms. The molecule has 0 aliphatic carbocycles. The predicted octanol–water partition coefficient (Wildman–Crippen LogP) is 1.81. The molecular formula is C16H17N3. The number of aromatic nitrogens is 2. The third-order valence-electron chi connectivity index (χ3n) is 2.90. The summed E-state index contributed by atoms with van der Waals surface area (Å²) in [7, 11) is 1.85. The van der Waals surface area contributed by atoms with Crippen LogP contribution in [0, 0.1) is 0 Å². The molecule has 0 atom stereocenters. The van der Waals surface area contributed by atoms with Crippen molar-refractivity contribution in [2.24, 2.45) is 0 Å². The molecule has 0 saturated heterocycles. The number of nitrogens with one attached hydrogen (secondary N) is 1. The van der Waals surface area contributed by atoms with Crippen molar-refractivity contribution in [3.63, 3.8) is 0 Å². The highest BCUT2D eigenvalue weighted by molar-refractivity contribution is 5.87. The largest absolute Gasteiger partial charge is 0.373 e. The molecule has 2 heterocycles. The molecule has 0 amide bonds. The number of allylic oxidation sites excluding steroid dienone is 2. The van der Waals surface area contributed by atoms with E-state index in [1.165, 1.54) is 0 Å². The lowest BCUT2D eigenvalue weighted by Crippen LogP contribution is -2.24. The SMILES string of the molecule is C=c1cnc(NC)c/c1=C/C(=CC)c1cccnc1. The van der Waals surface area contributed by atoms with Gasteiger partial charge in [0.25, 0.3) is 0 Å². The van der Waals surface area contributed by atoms with Gasteiger partial charge in [-0.15, -0.1) is 0 Å². The second-order valence-electron chi connectivity index (χ2n) is 4.15. The number of anilines is 1. The minimum Gasteiger partial charge on any atom is -0.373 e. The van der Waals surface area contributed by atoms with Crippen LogP contribution in [0.1, 0.15) is 12.5 Å². The number of hydrogen-bond donors (Lipinski definition) is 1. The Hall–Kier alpha value is -2.42. The van der Waals surface area contributed by atoms with Crippen molar-refractivity contribution in [1.29, 1.82) is 0 Å². The second kappa shape index (κ2) is 5.96. The zero-order chi connectivity index (χ0) is 13.7. The van der Waals surface area contributed by atoms with Crippen molar-refractivity contribution >= 4 is 24.0 Å². The zero-order valence-electron chi connectivity index (χ0n) is 11.2. The molecule has 3 nitrogen and oxygen atoms in total. The molecule has 2 aromatic heterocycles. The number of hydrogen-bond acceptors (Lipinski definition) is 3. The highest BCUT2D eigenvalue weighted by atomic mass is 14.9. The lowest BCUT2D eigenvalue weighted by atomic mass is 10.1. The first-order chi connectivity index (χ1) is 9.24. The Morgan fingerprint density at radius 1 is 1.37 bits per heavy atom. The number of pyridine rings is 2. The lowest BCUT2D eigenvalue weighted by Gasteiger charge is -2.02. The van der Waals surface area contributed by atoms with Gasteiger partial charge in [-0.05, 0) is 46.7 Å². The topological polar surface area (TPSA) is 37.8 Å². The quantitative estimate of drug-likeness (QED) is 0.904. The van der Waals surface area contributed by atoms with Crippen LogP contribution >= 0.6 is 0 Å². The van der Waals surface area contributed by atoms with Gasteiger partial charge in [-0.25, -0.2) is 4.98 Å². The zero-order valence-corrected chi connectivity index (χ0v) is 11.2. The van der Waals surface area contributed by atoms with Gasteiger partial charge >= 0.3 is 0 Å². The smallest absolute Gasteiger partial charge is 0.126 e. The summed E-state index contributed by atoms with van der Waals surface area (Å²) in [6.45, 7) is 6.03. The molecule has 0 radical (unpaired) electrons. The maximum absolute atomic E-state index is 4.24. The minimum atomic E-state index is 0.834. The van der Waals surface area contributed by atoms with Crippen LogP contribution in [0.25, 0.3) is 18.2 Å². The van der Waals surface area contributed by atoms with Gasteiger partial charge in [0.2, 0.25) is 0 Å². The average molecular weight is 251 g/mol. The van der Waals surface area contributed by atoms with Gasteiger partial charge < -0.3 is 5.32 Å². The highest BCUT2D eigenvalue weighted by Crippen LogP contribution is 2.13. The Morgan fingerprint density at radius 2 is 2.21 bits per heavy atom. The number of nitrogens with zero attached hydrogens (tertiary/aromatic N) is 2. The maximum atomic E-state index is 4.24. The van der Waals surface area contributed by atoms with Crippen LogP contribution in [-0.2, 0) is 0 Å². The average Bonchev–Trinajstić information content (AvgIpc) is 2.47. The molecular weight excluding hydrogens is 234 g/mol. The van der Waals surface area contributed by atoms with Gasteiger partial charge in [0.05, 0.1) is 0 Å². The summed E-state index contributed by atoms with van der Waals surface area (Å²) >= 11 is 0. The molecule has 2 aromatic rings. The van der Waals surface area contributed by atoms with Crippen LogP contribution in [0.5, 0.6) is 0 Å². The fraction of sp³-hybridized carbons (Fsp3) is 0.125. The summed E-state index contributed by atoms with van der Waals surface area (Å²) in [5.74, 6) is 0.834. The van der Waals surface area contributed by atoms with Crippen LogP contribution < -0.4 is 15.8 Å².